The van der Waals surface area contributed by atoms with Gasteiger partial charge in [-0.2, -0.15) is 0 Å². The molecule has 0 saturated carbocycles. The average molecular weight is 239 g/mol. The van der Waals surface area contributed by atoms with Crippen LogP contribution in [0.15, 0.2) is 0 Å². The van der Waals surface area contributed by atoms with E-state index in [1.54, 1.807) is 0 Å². The van der Waals surface area contributed by atoms with Gasteiger partial charge in [0, 0.05) is 25.7 Å². The van der Waals surface area contributed by atoms with E-state index >= 15 is 0 Å². The third-order valence-corrected chi connectivity index (χ3v) is 4.00. The number of nitrogens with zero attached hydrogens (tertiary/aromatic N) is 2. The smallest absolute Gasteiger partial charge is 0.320 e. The molecular formula is C13H25N3O. The number of piperidine rings is 2. The van der Waals surface area contributed by atoms with Crippen LogP contribution in [0.5, 0.6) is 0 Å². The summed E-state index contributed by atoms with van der Waals surface area (Å²) in [4.78, 5) is 16.6. The third kappa shape index (κ3) is 3.12. The van der Waals surface area contributed by atoms with Crippen LogP contribution in [-0.4, -0.2) is 48.1 Å². The first-order valence-electron chi connectivity index (χ1n) is 7.08. The molecule has 2 saturated heterocycles. The molecular weight excluding hydrogens is 214 g/mol. The molecule has 2 N–H and O–H groups in total. The summed E-state index contributed by atoms with van der Waals surface area (Å²) >= 11 is 0. The van der Waals surface area contributed by atoms with E-state index in [-0.39, 0.29) is 6.03 Å². The Kier molecular flexibility index (Phi) is 4.66. The Balaban J connectivity index is 1.94. The average Bonchev–Trinajstić information content (AvgIpc) is 2.40. The maximum atomic E-state index is 12.4. The van der Waals surface area contributed by atoms with Crippen molar-refractivity contribution in [3.63, 3.8) is 0 Å². The number of amides is 2. The van der Waals surface area contributed by atoms with Gasteiger partial charge in [-0.25, -0.2) is 4.79 Å². The molecule has 2 aliphatic heterocycles. The van der Waals surface area contributed by atoms with Gasteiger partial charge in [-0.1, -0.05) is 0 Å². The summed E-state index contributed by atoms with van der Waals surface area (Å²) < 4.78 is 0. The molecule has 1 atom stereocenters. The van der Waals surface area contributed by atoms with Crippen LogP contribution in [0.2, 0.25) is 0 Å². The summed E-state index contributed by atoms with van der Waals surface area (Å²) in [5.41, 5.74) is 5.65. The van der Waals surface area contributed by atoms with Crippen LogP contribution in [0.3, 0.4) is 0 Å². The fourth-order valence-electron chi connectivity index (χ4n) is 3.01. The van der Waals surface area contributed by atoms with Gasteiger partial charge in [0.1, 0.15) is 0 Å². The third-order valence-electron chi connectivity index (χ3n) is 4.00. The van der Waals surface area contributed by atoms with Crippen molar-refractivity contribution in [1.82, 2.24) is 9.80 Å². The number of hydrogen-bond donors (Lipinski definition) is 1. The van der Waals surface area contributed by atoms with Crippen molar-refractivity contribution in [3.05, 3.63) is 0 Å². The number of nitrogens with two attached hydrogens (primary N) is 1. The van der Waals surface area contributed by atoms with Gasteiger partial charge in [0.25, 0.3) is 0 Å². The number of hydrogen-bond acceptors (Lipinski definition) is 2. The lowest BCUT2D eigenvalue weighted by molar-refractivity contribution is 0.106. The van der Waals surface area contributed by atoms with Crippen LogP contribution in [0.1, 0.15) is 44.9 Å². The highest BCUT2D eigenvalue weighted by atomic mass is 16.2. The van der Waals surface area contributed by atoms with Crippen molar-refractivity contribution in [3.8, 4) is 0 Å². The number of rotatable bonds is 2. The van der Waals surface area contributed by atoms with E-state index in [2.05, 4.69) is 4.90 Å². The van der Waals surface area contributed by atoms with Gasteiger partial charge in [-0.3, -0.25) is 0 Å². The molecule has 0 aromatic carbocycles. The minimum atomic E-state index is 0.267. The molecule has 0 aromatic rings. The summed E-state index contributed by atoms with van der Waals surface area (Å²) in [5.74, 6) is 0. The highest BCUT2D eigenvalue weighted by Gasteiger charge is 2.29. The maximum absolute atomic E-state index is 12.4. The summed E-state index contributed by atoms with van der Waals surface area (Å²) in [7, 11) is 0. The van der Waals surface area contributed by atoms with Crippen molar-refractivity contribution < 1.29 is 4.79 Å². The second-order valence-corrected chi connectivity index (χ2v) is 5.25. The monoisotopic (exact) mass is 239 g/mol. The van der Waals surface area contributed by atoms with E-state index in [0.29, 0.717) is 12.6 Å². The zero-order chi connectivity index (χ0) is 12.1. The Morgan fingerprint density at radius 2 is 1.76 bits per heavy atom. The first kappa shape index (κ1) is 12.7. The molecule has 2 amide bonds. The number of likely N-dealkylation sites (tertiary alicyclic amines) is 2. The molecule has 1 unspecified atom stereocenters. The molecule has 4 nitrogen and oxygen atoms in total. The lowest BCUT2D eigenvalue weighted by Gasteiger charge is -2.40. The fourth-order valence-corrected chi connectivity index (χ4v) is 3.01. The van der Waals surface area contributed by atoms with Gasteiger partial charge in [0.05, 0.1) is 0 Å². The largest absolute Gasteiger partial charge is 0.330 e. The maximum Gasteiger partial charge on any atom is 0.320 e. The lowest BCUT2D eigenvalue weighted by atomic mass is 9.99. The van der Waals surface area contributed by atoms with Crippen molar-refractivity contribution in [1.29, 1.82) is 0 Å². The van der Waals surface area contributed by atoms with Crippen molar-refractivity contribution >= 4 is 6.03 Å². The normalized spacial score (nSPS) is 26.1. The Morgan fingerprint density at radius 1 is 1.06 bits per heavy atom. The van der Waals surface area contributed by atoms with Crippen LogP contribution in [0, 0.1) is 0 Å². The van der Waals surface area contributed by atoms with E-state index in [1.165, 1.54) is 25.7 Å². The van der Waals surface area contributed by atoms with E-state index in [0.717, 1.165) is 38.9 Å². The minimum absolute atomic E-state index is 0.267. The molecule has 0 radical (unpaired) electrons. The Morgan fingerprint density at radius 3 is 2.47 bits per heavy atom. The zero-order valence-corrected chi connectivity index (χ0v) is 10.7. The van der Waals surface area contributed by atoms with Crippen molar-refractivity contribution in [2.24, 2.45) is 5.73 Å². The predicted octanol–water partition coefficient (Wildman–Crippen LogP) is 1.80. The molecule has 0 aliphatic carbocycles. The highest BCUT2D eigenvalue weighted by molar-refractivity contribution is 5.75. The second-order valence-electron chi connectivity index (χ2n) is 5.25. The molecule has 0 bridgehead atoms. The van der Waals surface area contributed by atoms with E-state index in [1.807, 2.05) is 4.90 Å². The molecule has 98 valence electrons. The molecule has 2 rings (SSSR count). The van der Waals surface area contributed by atoms with E-state index in [4.69, 9.17) is 5.73 Å². The number of carbonyl (C=O) groups excluding carboxylic acids is 1. The number of carbonyl (C=O) groups is 1. The molecule has 0 aromatic heterocycles. The summed E-state index contributed by atoms with van der Waals surface area (Å²) in [5, 5.41) is 0. The van der Waals surface area contributed by atoms with Crippen LogP contribution in [0.4, 0.5) is 4.79 Å². The van der Waals surface area contributed by atoms with Gasteiger partial charge in [-0.15, -0.1) is 0 Å². The van der Waals surface area contributed by atoms with Gasteiger partial charge in [0.15, 0.2) is 0 Å². The molecule has 17 heavy (non-hydrogen) atoms. The molecule has 0 spiro atoms. The summed E-state index contributed by atoms with van der Waals surface area (Å²) in [6, 6.07) is 0.658. The molecule has 2 aliphatic rings. The van der Waals surface area contributed by atoms with E-state index < -0.39 is 0 Å². The predicted molar refractivity (Wildman–Crippen MR) is 68.8 cm³/mol. The van der Waals surface area contributed by atoms with Crippen LogP contribution >= 0.6 is 0 Å². The topological polar surface area (TPSA) is 49.6 Å². The molecule has 2 heterocycles. The zero-order valence-electron chi connectivity index (χ0n) is 10.7. The minimum Gasteiger partial charge on any atom is -0.330 e. The Hall–Kier alpha value is -0.770. The van der Waals surface area contributed by atoms with Gasteiger partial charge >= 0.3 is 6.03 Å². The summed E-state index contributed by atoms with van der Waals surface area (Å²) in [6.07, 6.45) is 8.10. The van der Waals surface area contributed by atoms with E-state index in [9.17, 15) is 4.79 Å². The first-order chi connectivity index (χ1) is 8.33. The van der Waals surface area contributed by atoms with Gasteiger partial charge in [0.2, 0.25) is 0 Å². The standard InChI is InChI=1S/C13H25N3O/c14-8-7-12-6-2-5-11-16(12)13(17)15-9-3-1-4-10-15/h12H,1-11,14H2. The fraction of sp³-hybridized carbons (Fsp3) is 0.923. The van der Waals surface area contributed by atoms with Crippen molar-refractivity contribution in [2.75, 3.05) is 26.2 Å². The van der Waals surface area contributed by atoms with Crippen LogP contribution < -0.4 is 5.73 Å². The quantitative estimate of drug-likeness (QED) is 0.798. The SMILES string of the molecule is NCCC1CCCCN1C(=O)N1CCCCC1. The Bertz CT molecular complexity index is 249. The summed E-state index contributed by atoms with van der Waals surface area (Å²) in [6.45, 7) is 3.52. The van der Waals surface area contributed by atoms with Crippen molar-refractivity contribution in [2.45, 2.75) is 51.0 Å². The lowest BCUT2D eigenvalue weighted by Crippen LogP contribution is -2.52. The van der Waals surface area contributed by atoms with Gasteiger partial charge in [-0.05, 0) is 51.5 Å². The van der Waals surface area contributed by atoms with Crippen LogP contribution in [0.25, 0.3) is 0 Å². The Labute approximate surface area is 104 Å². The molecule has 2 fully saturated rings. The molecule has 4 heteroatoms. The van der Waals surface area contributed by atoms with Crippen LogP contribution in [-0.2, 0) is 0 Å². The second kappa shape index (κ2) is 6.24. The number of urea groups is 1. The first-order valence-corrected chi connectivity index (χ1v) is 7.08. The highest BCUT2D eigenvalue weighted by Crippen LogP contribution is 2.22. The van der Waals surface area contributed by atoms with Gasteiger partial charge < -0.3 is 15.5 Å².